The number of carbonyl (C=O) groups excluding carboxylic acids is 2. The molecule has 0 radical (unpaired) electrons. The second-order valence-electron chi connectivity index (χ2n) is 7.21. The van der Waals surface area contributed by atoms with Crippen molar-refractivity contribution in [2.45, 2.75) is 19.3 Å². The molecule has 2 saturated heterocycles. The third kappa shape index (κ3) is 4.88. The molecule has 2 aliphatic rings. The van der Waals surface area contributed by atoms with Gasteiger partial charge in [-0.3, -0.25) is 0 Å². The molecule has 30 heavy (non-hydrogen) atoms. The summed E-state index contributed by atoms with van der Waals surface area (Å²) in [4.78, 5) is 28.8. The fourth-order valence-corrected chi connectivity index (χ4v) is 9.91. The van der Waals surface area contributed by atoms with Crippen molar-refractivity contribution < 1.29 is 23.1 Å². The van der Waals surface area contributed by atoms with Crippen LogP contribution in [0.5, 0.6) is 0 Å². The number of hydrogen-bond donors (Lipinski definition) is 1. The molecule has 0 spiro atoms. The van der Waals surface area contributed by atoms with Crippen molar-refractivity contribution in [2.24, 2.45) is 5.92 Å². The summed E-state index contributed by atoms with van der Waals surface area (Å²) >= 11 is -1.57. The van der Waals surface area contributed by atoms with Crippen LogP contribution in [0.3, 0.4) is 0 Å². The van der Waals surface area contributed by atoms with Crippen LogP contribution in [0.1, 0.15) is 19.3 Å². The van der Waals surface area contributed by atoms with E-state index in [1.54, 1.807) is 12.1 Å². The van der Waals surface area contributed by atoms with Crippen LogP contribution in [0, 0.1) is 17.6 Å². The monoisotopic (exact) mass is 529 g/mol. The summed E-state index contributed by atoms with van der Waals surface area (Å²) in [5.74, 6) is -1.08. The van der Waals surface area contributed by atoms with E-state index in [2.05, 4.69) is 10.3 Å². The summed E-state index contributed by atoms with van der Waals surface area (Å²) in [5.41, 5.74) is 0.949. The van der Waals surface area contributed by atoms with Crippen LogP contribution in [-0.2, 0) is 9.53 Å². The van der Waals surface area contributed by atoms with E-state index in [-0.39, 0.29) is 17.9 Å². The zero-order valence-corrected chi connectivity index (χ0v) is 18.4. The molecule has 1 aromatic carbocycles. The number of halogens is 3. The number of amides is 2. The van der Waals surface area contributed by atoms with Gasteiger partial charge in [-0.05, 0) is 0 Å². The van der Waals surface area contributed by atoms with Gasteiger partial charge in [-0.2, -0.15) is 0 Å². The molecular weight excluding hydrogens is 507 g/mol. The number of nitrogens with one attached hydrogen (secondary N) is 1. The van der Waals surface area contributed by atoms with Crippen LogP contribution >= 0.6 is 20.1 Å². The van der Waals surface area contributed by atoms with E-state index < -0.39 is 31.7 Å². The number of hydrogen-bond acceptors (Lipinski definition) is 4. The van der Waals surface area contributed by atoms with E-state index in [1.165, 1.54) is 18.3 Å². The van der Waals surface area contributed by atoms with Crippen LogP contribution in [0.2, 0.25) is 0 Å². The molecule has 2 aromatic rings. The molecule has 0 saturated carbocycles. The molecule has 9 heteroatoms. The number of pyridine rings is 1. The second kappa shape index (κ2) is 9.23. The van der Waals surface area contributed by atoms with Gasteiger partial charge in [0.1, 0.15) is 0 Å². The Balaban J connectivity index is 1.32. The number of cyclic esters (lactones) is 1. The molecule has 4 rings (SSSR count). The standard InChI is InChI=1S/C21H22F2IN3O3/c22-17-10-16(11-18(23)12-17)15-2-3-19(25-13-15)26-20(28)14-4-6-24(7-5-14)27-8-1-9-30-21(27)29/h2-3,10-14H,1,4-9H2,(H,25,26,28). The number of aromatic nitrogens is 1. The van der Waals surface area contributed by atoms with Crippen LogP contribution in [-0.4, -0.2) is 42.1 Å². The van der Waals surface area contributed by atoms with Gasteiger partial charge in [0.05, 0.1) is 0 Å². The van der Waals surface area contributed by atoms with Crippen molar-refractivity contribution in [3.05, 3.63) is 48.2 Å². The number of anilines is 1. The van der Waals surface area contributed by atoms with Gasteiger partial charge < -0.3 is 0 Å². The first-order valence-corrected chi connectivity index (χ1v) is 13.8. The van der Waals surface area contributed by atoms with E-state index in [9.17, 15) is 18.4 Å². The van der Waals surface area contributed by atoms with Gasteiger partial charge in [0.15, 0.2) is 0 Å². The number of carbonyl (C=O) groups is 2. The summed E-state index contributed by atoms with van der Waals surface area (Å²) < 4.78 is 35.7. The molecule has 160 valence electrons. The molecule has 2 aliphatic heterocycles. The Morgan fingerprint density at radius 2 is 1.87 bits per heavy atom. The molecule has 1 N–H and O–H groups in total. The molecule has 3 heterocycles. The van der Waals surface area contributed by atoms with Crippen LogP contribution in [0.15, 0.2) is 36.5 Å². The van der Waals surface area contributed by atoms with Gasteiger partial charge in [0, 0.05) is 6.07 Å². The molecule has 2 amide bonds. The number of alkyl halides is 2. The van der Waals surface area contributed by atoms with Gasteiger partial charge in [0.2, 0.25) is 0 Å². The minimum absolute atomic E-state index is 0.0798. The fraction of sp³-hybridized carbons (Fsp3) is 0.381. The normalized spacial score (nSPS) is 18.8. The Hall–Kier alpha value is -2.30. The maximum absolute atomic E-state index is 13.4. The van der Waals surface area contributed by atoms with Gasteiger partial charge in [-0.15, -0.1) is 0 Å². The molecule has 0 aliphatic carbocycles. The maximum atomic E-state index is 13.4. The van der Waals surface area contributed by atoms with E-state index in [0.717, 1.165) is 40.7 Å². The first-order valence-electron chi connectivity index (χ1n) is 9.79. The fourth-order valence-electron chi connectivity index (χ4n) is 3.55. The zero-order chi connectivity index (χ0) is 21.1. The molecule has 0 bridgehead atoms. The van der Waals surface area contributed by atoms with Crippen LogP contribution < -0.4 is 5.32 Å². The quantitative estimate of drug-likeness (QED) is 0.356. The summed E-state index contributed by atoms with van der Waals surface area (Å²) in [5, 5.41) is 2.83. The van der Waals surface area contributed by atoms with E-state index in [4.69, 9.17) is 4.74 Å². The van der Waals surface area contributed by atoms with Crippen molar-refractivity contribution in [1.82, 2.24) is 8.10 Å². The second-order valence-corrected chi connectivity index (χ2v) is 13.0. The average molecular weight is 529 g/mol. The molecule has 6 nitrogen and oxygen atoms in total. The number of nitrogens with zero attached hydrogens (tertiary/aromatic N) is 2. The number of ether oxygens (including phenoxy) is 1. The Kier molecular flexibility index (Phi) is 6.45. The minimum atomic E-state index is -1.57. The van der Waals surface area contributed by atoms with Crippen molar-refractivity contribution in [3.63, 3.8) is 0 Å². The Bertz CT molecular complexity index is 913. The number of rotatable bonds is 4. The van der Waals surface area contributed by atoms with Crippen molar-refractivity contribution in [3.8, 4) is 11.1 Å². The van der Waals surface area contributed by atoms with Crippen molar-refractivity contribution in [2.75, 3.05) is 27.3 Å². The van der Waals surface area contributed by atoms with Gasteiger partial charge >= 0.3 is 166 Å². The predicted molar refractivity (Wildman–Crippen MR) is 117 cm³/mol. The van der Waals surface area contributed by atoms with Gasteiger partial charge in [-0.25, -0.2) is 8.78 Å². The van der Waals surface area contributed by atoms with Gasteiger partial charge in [-0.1, -0.05) is 0 Å². The van der Waals surface area contributed by atoms with E-state index in [0.29, 0.717) is 23.6 Å². The first-order chi connectivity index (χ1) is 14.5. The Morgan fingerprint density at radius 1 is 1.13 bits per heavy atom. The number of benzene rings is 1. The molecule has 0 atom stereocenters. The van der Waals surface area contributed by atoms with Gasteiger partial charge in [0.25, 0.3) is 0 Å². The zero-order valence-electron chi connectivity index (χ0n) is 16.2. The molecule has 1 aromatic heterocycles. The molecule has 0 unspecified atom stereocenters. The van der Waals surface area contributed by atoms with E-state index >= 15 is 0 Å². The Labute approximate surface area is 180 Å². The summed E-state index contributed by atoms with van der Waals surface area (Å²) in [6, 6.07) is 6.58. The van der Waals surface area contributed by atoms with Crippen LogP contribution in [0.4, 0.5) is 19.4 Å². The molecule has 2 fully saturated rings. The van der Waals surface area contributed by atoms with Crippen LogP contribution in [0.25, 0.3) is 11.1 Å². The topological polar surface area (TPSA) is 71.5 Å². The Morgan fingerprint density at radius 3 is 2.50 bits per heavy atom. The third-order valence-electron chi connectivity index (χ3n) is 5.14. The summed E-state index contributed by atoms with van der Waals surface area (Å²) in [7, 11) is 0. The predicted octanol–water partition coefficient (Wildman–Crippen LogP) is 4.64. The molecular formula is C21H22F2IN3O3. The summed E-state index contributed by atoms with van der Waals surface area (Å²) in [6.07, 6.45) is 3.71. The van der Waals surface area contributed by atoms with E-state index in [1.807, 2.05) is 3.11 Å². The average Bonchev–Trinajstić information content (AvgIpc) is 2.74. The van der Waals surface area contributed by atoms with Crippen molar-refractivity contribution >= 4 is 37.9 Å². The SMILES string of the molecule is O=C(Nc1ccc(-c2cc(F)cc(F)c2)cn1)C1CCI(N2CCCOC2=O)CC1. The first kappa shape index (κ1) is 21.0. The van der Waals surface area contributed by atoms with Crippen molar-refractivity contribution in [1.29, 1.82) is 0 Å². The third-order valence-corrected chi connectivity index (χ3v) is 11.4. The summed E-state index contributed by atoms with van der Waals surface area (Å²) in [6.45, 7) is 1.29.